The fourth-order valence-electron chi connectivity index (χ4n) is 1.57. The molecule has 1 aliphatic carbocycles. The van der Waals surface area contributed by atoms with Crippen LogP contribution in [0.4, 0.5) is 0 Å². The highest BCUT2D eigenvalue weighted by molar-refractivity contribution is 4.71. The maximum absolute atomic E-state index is 4.14. The minimum absolute atomic E-state index is 0.743. The maximum Gasteiger partial charge on any atom is -0.0388 e. The minimum Gasteiger partial charge on any atom is -0.0622 e. The van der Waals surface area contributed by atoms with E-state index in [0.717, 1.165) is 11.8 Å². The zero-order chi connectivity index (χ0) is 6.69. The Labute approximate surface area is 58.7 Å². The summed E-state index contributed by atoms with van der Waals surface area (Å²) in [5.41, 5.74) is 0. The van der Waals surface area contributed by atoms with Crippen LogP contribution in [0.5, 0.6) is 0 Å². The Morgan fingerprint density at radius 1 is 1.11 bits per heavy atom. The van der Waals surface area contributed by atoms with Gasteiger partial charge >= 0.3 is 0 Å². The van der Waals surface area contributed by atoms with Crippen LogP contribution in [0.1, 0.15) is 39.0 Å². The van der Waals surface area contributed by atoms with E-state index in [9.17, 15) is 0 Å². The van der Waals surface area contributed by atoms with Crippen molar-refractivity contribution in [3.63, 3.8) is 0 Å². The highest BCUT2D eigenvalue weighted by atomic mass is 14.2. The Kier molecular flexibility index (Phi) is 2.56. The Morgan fingerprint density at radius 3 is 2.56 bits per heavy atom. The van der Waals surface area contributed by atoms with Crippen molar-refractivity contribution in [3.05, 3.63) is 6.92 Å². The molecular weight excluding hydrogens is 108 g/mol. The van der Waals surface area contributed by atoms with Crippen LogP contribution in [-0.2, 0) is 0 Å². The molecule has 53 valence electrons. The van der Waals surface area contributed by atoms with E-state index < -0.39 is 0 Å². The van der Waals surface area contributed by atoms with Gasteiger partial charge in [0.15, 0.2) is 0 Å². The van der Waals surface area contributed by atoms with Gasteiger partial charge in [0.25, 0.3) is 0 Å². The molecule has 2 unspecified atom stereocenters. The largest absolute Gasteiger partial charge is 0.0622 e. The average molecular weight is 125 g/mol. The van der Waals surface area contributed by atoms with Gasteiger partial charge in [-0.3, -0.25) is 0 Å². The quantitative estimate of drug-likeness (QED) is 0.436. The summed E-state index contributed by atoms with van der Waals surface area (Å²) in [7, 11) is 0. The summed E-state index contributed by atoms with van der Waals surface area (Å²) in [6, 6.07) is 0. The molecule has 0 amide bonds. The van der Waals surface area contributed by atoms with Crippen LogP contribution < -0.4 is 0 Å². The summed E-state index contributed by atoms with van der Waals surface area (Å²) in [5, 5.41) is 0. The number of hydrogen-bond donors (Lipinski definition) is 0. The molecule has 1 rings (SSSR count). The molecule has 2 atom stereocenters. The van der Waals surface area contributed by atoms with Crippen molar-refractivity contribution in [2.24, 2.45) is 11.8 Å². The molecule has 0 saturated heterocycles. The number of rotatable bonds is 0. The van der Waals surface area contributed by atoms with E-state index in [1.54, 1.807) is 0 Å². The van der Waals surface area contributed by atoms with Crippen molar-refractivity contribution in [1.82, 2.24) is 0 Å². The van der Waals surface area contributed by atoms with Crippen LogP contribution >= 0.6 is 0 Å². The Morgan fingerprint density at radius 2 is 1.78 bits per heavy atom. The summed E-state index contributed by atoms with van der Waals surface area (Å²) < 4.78 is 0. The highest BCUT2D eigenvalue weighted by Crippen LogP contribution is 2.26. The van der Waals surface area contributed by atoms with E-state index in [4.69, 9.17) is 0 Å². The predicted octanol–water partition coefficient (Wildman–Crippen LogP) is 3.04. The van der Waals surface area contributed by atoms with Crippen molar-refractivity contribution >= 4 is 0 Å². The molecule has 0 spiro atoms. The van der Waals surface area contributed by atoms with Gasteiger partial charge in [-0.15, -0.1) is 0 Å². The van der Waals surface area contributed by atoms with E-state index in [0.29, 0.717) is 0 Å². The molecule has 9 heavy (non-hydrogen) atoms. The van der Waals surface area contributed by atoms with Gasteiger partial charge in [0.2, 0.25) is 0 Å². The molecule has 0 nitrogen and oxygen atoms in total. The fourth-order valence-corrected chi connectivity index (χ4v) is 1.57. The summed E-state index contributed by atoms with van der Waals surface area (Å²) in [6.45, 7) is 6.47. The maximum atomic E-state index is 4.14. The van der Waals surface area contributed by atoms with Gasteiger partial charge < -0.3 is 0 Å². The van der Waals surface area contributed by atoms with Crippen molar-refractivity contribution < 1.29 is 0 Å². The van der Waals surface area contributed by atoms with Crippen LogP contribution in [0.15, 0.2) is 0 Å². The first kappa shape index (κ1) is 7.11. The Bertz CT molecular complexity index is 66.1. The second-order valence-corrected chi connectivity index (χ2v) is 3.38. The van der Waals surface area contributed by atoms with E-state index in [2.05, 4.69) is 13.8 Å². The van der Waals surface area contributed by atoms with Gasteiger partial charge in [-0.05, 0) is 18.8 Å². The van der Waals surface area contributed by atoms with E-state index in [1.807, 2.05) is 0 Å². The summed E-state index contributed by atoms with van der Waals surface area (Å²) >= 11 is 0. The zero-order valence-corrected chi connectivity index (χ0v) is 6.40. The molecule has 0 aromatic heterocycles. The third-order valence-electron chi connectivity index (χ3n) is 2.54. The molecular formula is C9H17. The molecule has 0 bridgehead atoms. The van der Waals surface area contributed by atoms with Gasteiger partial charge in [0.1, 0.15) is 0 Å². The lowest BCUT2D eigenvalue weighted by Crippen LogP contribution is -2.04. The molecule has 0 aromatic rings. The first-order chi connectivity index (χ1) is 4.30. The minimum atomic E-state index is 0.743. The monoisotopic (exact) mass is 125 g/mol. The van der Waals surface area contributed by atoms with Crippen LogP contribution in [0.2, 0.25) is 0 Å². The average Bonchev–Trinajstić information content (AvgIpc) is 1.99. The predicted molar refractivity (Wildman–Crippen MR) is 41.1 cm³/mol. The van der Waals surface area contributed by atoms with Crippen molar-refractivity contribution in [2.45, 2.75) is 39.0 Å². The second kappa shape index (κ2) is 3.24. The lowest BCUT2D eigenvalue weighted by Gasteiger charge is -2.14. The Balaban J connectivity index is 2.32. The summed E-state index contributed by atoms with van der Waals surface area (Å²) in [6.07, 6.45) is 7.07. The second-order valence-electron chi connectivity index (χ2n) is 3.38. The van der Waals surface area contributed by atoms with Gasteiger partial charge in [-0.1, -0.05) is 39.0 Å². The SMILES string of the molecule is [CH2]C1CCCCCC1C. The highest BCUT2D eigenvalue weighted by Gasteiger charge is 2.14. The van der Waals surface area contributed by atoms with Gasteiger partial charge in [0, 0.05) is 0 Å². The molecule has 0 N–H and O–H groups in total. The molecule has 1 saturated carbocycles. The molecule has 0 aliphatic heterocycles. The van der Waals surface area contributed by atoms with E-state index in [1.165, 1.54) is 32.1 Å². The van der Waals surface area contributed by atoms with Crippen molar-refractivity contribution in [3.8, 4) is 0 Å². The molecule has 0 heteroatoms. The van der Waals surface area contributed by atoms with Gasteiger partial charge in [-0.25, -0.2) is 0 Å². The number of hydrogen-bond acceptors (Lipinski definition) is 0. The first-order valence-electron chi connectivity index (χ1n) is 4.14. The van der Waals surface area contributed by atoms with Gasteiger partial charge in [-0.2, -0.15) is 0 Å². The third-order valence-corrected chi connectivity index (χ3v) is 2.54. The van der Waals surface area contributed by atoms with Crippen molar-refractivity contribution in [1.29, 1.82) is 0 Å². The molecule has 1 fully saturated rings. The summed E-state index contributed by atoms with van der Waals surface area (Å²) in [5.74, 6) is 1.62. The Hall–Kier alpha value is 0. The van der Waals surface area contributed by atoms with Gasteiger partial charge in [0.05, 0.1) is 0 Å². The lowest BCUT2D eigenvalue weighted by molar-refractivity contribution is 0.403. The van der Waals surface area contributed by atoms with E-state index in [-0.39, 0.29) is 0 Å². The van der Waals surface area contributed by atoms with Crippen LogP contribution in [0.25, 0.3) is 0 Å². The van der Waals surface area contributed by atoms with Crippen LogP contribution in [0, 0.1) is 18.8 Å². The molecule has 1 radical (unpaired) electrons. The third kappa shape index (κ3) is 2.00. The molecule has 0 aromatic carbocycles. The van der Waals surface area contributed by atoms with E-state index >= 15 is 0 Å². The fraction of sp³-hybridized carbons (Fsp3) is 0.889. The lowest BCUT2D eigenvalue weighted by atomic mass is 9.92. The normalized spacial score (nSPS) is 38.0. The topological polar surface area (TPSA) is 0 Å². The summed E-state index contributed by atoms with van der Waals surface area (Å²) in [4.78, 5) is 0. The van der Waals surface area contributed by atoms with Crippen molar-refractivity contribution in [2.75, 3.05) is 0 Å². The van der Waals surface area contributed by atoms with Crippen LogP contribution in [-0.4, -0.2) is 0 Å². The molecule has 0 heterocycles. The first-order valence-corrected chi connectivity index (χ1v) is 4.14. The van der Waals surface area contributed by atoms with Crippen LogP contribution in [0.3, 0.4) is 0 Å². The smallest absolute Gasteiger partial charge is 0.0388 e. The zero-order valence-electron chi connectivity index (χ0n) is 6.40. The molecule has 1 aliphatic rings. The standard InChI is InChI=1S/C9H17/c1-8-6-4-3-5-7-9(8)2/h8-9H,1,3-7H2,2H3.